The van der Waals surface area contributed by atoms with Gasteiger partial charge in [0, 0.05) is 45.0 Å². The summed E-state index contributed by atoms with van der Waals surface area (Å²) in [6, 6.07) is 9.18. The molecular formula is C20H21FN6O2. The van der Waals surface area contributed by atoms with Crippen LogP contribution in [0.15, 0.2) is 42.9 Å². The number of hydrogen-bond acceptors (Lipinski definition) is 6. The molecule has 3 heterocycles. The van der Waals surface area contributed by atoms with Gasteiger partial charge in [0.05, 0.1) is 7.11 Å². The van der Waals surface area contributed by atoms with E-state index < -0.39 is 5.82 Å². The van der Waals surface area contributed by atoms with Gasteiger partial charge in [0.15, 0.2) is 11.6 Å². The fraction of sp³-hybridized carbons (Fsp3) is 0.300. The summed E-state index contributed by atoms with van der Waals surface area (Å²) < 4.78 is 21.8. The first-order chi connectivity index (χ1) is 14.1. The molecule has 4 rings (SSSR count). The number of piperazine rings is 1. The van der Waals surface area contributed by atoms with Gasteiger partial charge >= 0.3 is 0 Å². The lowest BCUT2D eigenvalue weighted by atomic mass is 10.1. The van der Waals surface area contributed by atoms with Crippen molar-refractivity contribution < 1.29 is 13.9 Å². The average molecular weight is 396 g/mol. The van der Waals surface area contributed by atoms with Crippen molar-refractivity contribution in [1.82, 2.24) is 24.6 Å². The van der Waals surface area contributed by atoms with Crippen molar-refractivity contribution in [2.24, 2.45) is 7.05 Å². The predicted octanol–water partition coefficient (Wildman–Crippen LogP) is 1.99. The lowest BCUT2D eigenvalue weighted by Gasteiger charge is -2.35. The number of halogens is 1. The van der Waals surface area contributed by atoms with Crippen LogP contribution in [-0.2, 0) is 7.05 Å². The minimum Gasteiger partial charge on any atom is -0.479 e. The van der Waals surface area contributed by atoms with Gasteiger partial charge in [-0.25, -0.2) is 14.4 Å². The zero-order valence-electron chi connectivity index (χ0n) is 16.2. The largest absolute Gasteiger partial charge is 0.479 e. The van der Waals surface area contributed by atoms with Crippen LogP contribution in [-0.4, -0.2) is 63.8 Å². The van der Waals surface area contributed by atoms with Crippen LogP contribution in [0.25, 0.3) is 11.3 Å². The number of anilines is 1. The first kappa shape index (κ1) is 18.9. The molecule has 1 amide bonds. The van der Waals surface area contributed by atoms with Gasteiger partial charge in [-0.1, -0.05) is 30.3 Å². The minimum atomic E-state index is -0.451. The van der Waals surface area contributed by atoms with Gasteiger partial charge in [-0.05, 0) is 0 Å². The molecule has 0 atom stereocenters. The lowest BCUT2D eigenvalue weighted by molar-refractivity contribution is 0.0743. The normalized spacial score (nSPS) is 14.2. The number of nitrogens with zero attached hydrogens (tertiary/aromatic N) is 6. The molecule has 1 aliphatic heterocycles. The molecule has 1 aliphatic rings. The summed E-state index contributed by atoms with van der Waals surface area (Å²) in [6.45, 7) is 1.83. The lowest BCUT2D eigenvalue weighted by Crippen LogP contribution is -2.49. The van der Waals surface area contributed by atoms with E-state index in [9.17, 15) is 4.79 Å². The Morgan fingerprint density at radius 1 is 1.10 bits per heavy atom. The van der Waals surface area contributed by atoms with Crippen LogP contribution in [0.3, 0.4) is 0 Å². The molecule has 0 radical (unpaired) electrons. The molecule has 150 valence electrons. The number of aryl methyl sites for hydroxylation is 1. The maximum atomic E-state index is 15.1. The van der Waals surface area contributed by atoms with Crippen LogP contribution in [0, 0.1) is 5.82 Å². The van der Waals surface area contributed by atoms with Crippen LogP contribution in [0.1, 0.15) is 10.4 Å². The third kappa shape index (κ3) is 3.63. The molecule has 1 aromatic carbocycles. The predicted molar refractivity (Wildman–Crippen MR) is 105 cm³/mol. The van der Waals surface area contributed by atoms with Crippen LogP contribution in [0.4, 0.5) is 10.2 Å². The quantitative estimate of drug-likeness (QED) is 0.671. The maximum Gasteiger partial charge on any atom is 0.261 e. The fourth-order valence-corrected chi connectivity index (χ4v) is 3.44. The van der Waals surface area contributed by atoms with Gasteiger partial charge in [0.1, 0.15) is 17.6 Å². The van der Waals surface area contributed by atoms with Crippen molar-refractivity contribution in [2.75, 3.05) is 38.2 Å². The highest BCUT2D eigenvalue weighted by molar-refractivity contribution is 5.96. The Morgan fingerprint density at radius 3 is 2.52 bits per heavy atom. The minimum absolute atomic E-state index is 0.150. The molecule has 8 nitrogen and oxygen atoms in total. The van der Waals surface area contributed by atoms with Gasteiger partial charge in [-0.3, -0.25) is 9.48 Å². The fourth-order valence-electron chi connectivity index (χ4n) is 3.44. The van der Waals surface area contributed by atoms with Crippen molar-refractivity contribution in [3.63, 3.8) is 0 Å². The summed E-state index contributed by atoms with van der Waals surface area (Å²) in [7, 11) is 3.22. The van der Waals surface area contributed by atoms with Gasteiger partial charge in [-0.2, -0.15) is 0 Å². The summed E-state index contributed by atoms with van der Waals surface area (Å²) in [5.74, 6) is -0.0469. The summed E-state index contributed by atoms with van der Waals surface area (Å²) in [6.07, 6.45) is 3.02. The molecule has 1 fully saturated rings. The summed E-state index contributed by atoms with van der Waals surface area (Å²) in [5, 5.41) is 4.13. The number of ether oxygens (including phenoxy) is 1. The van der Waals surface area contributed by atoms with E-state index in [1.54, 1.807) is 22.8 Å². The number of carbonyl (C=O) groups is 1. The molecule has 0 unspecified atom stereocenters. The van der Waals surface area contributed by atoms with E-state index in [1.165, 1.54) is 13.4 Å². The van der Waals surface area contributed by atoms with Crippen molar-refractivity contribution in [1.29, 1.82) is 0 Å². The molecule has 9 heteroatoms. The molecule has 1 saturated heterocycles. The number of carbonyl (C=O) groups excluding carboxylic acids is 1. The third-order valence-electron chi connectivity index (χ3n) is 4.90. The molecule has 2 aromatic heterocycles. The molecule has 0 N–H and O–H groups in total. The highest BCUT2D eigenvalue weighted by Crippen LogP contribution is 2.27. The van der Waals surface area contributed by atoms with E-state index in [0.29, 0.717) is 43.2 Å². The van der Waals surface area contributed by atoms with Gasteiger partial charge in [0.25, 0.3) is 5.91 Å². The van der Waals surface area contributed by atoms with E-state index in [4.69, 9.17) is 4.74 Å². The van der Waals surface area contributed by atoms with Crippen LogP contribution < -0.4 is 9.64 Å². The number of aromatic nitrogens is 4. The Morgan fingerprint density at radius 2 is 1.83 bits per heavy atom. The Hall–Kier alpha value is -3.49. The topological polar surface area (TPSA) is 76.4 Å². The van der Waals surface area contributed by atoms with Crippen molar-refractivity contribution >= 4 is 11.7 Å². The maximum absolute atomic E-state index is 15.1. The van der Waals surface area contributed by atoms with Crippen LogP contribution in [0.2, 0.25) is 0 Å². The van der Waals surface area contributed by atoms with Crippen molar-refractivity contribution in [2.45, 2.75) is 0 Å². The Kier molecular flexibility index (Phi) is 5.11. The molecule has 0 aliphatic carbocycles. The number of amides is 1. The summed E-state index contributed by atoms with van der Waals surface area (Å²) in [5.41, 5.74) is 1.39. The zero-order chi connectivity index (χ0) is 20.4. The number of benzene rings is 1. The summed E-state index contributed by atoms with van der Waals surface area (Å²) >= 11 is 0. The van der Waals surface area contributed by atoms with Crippen LogP contribution in [0.5, 0.6) is 5.88 Å². The monoisotopic (exact) mass is 396 g/mol. The average Bonchev–Trinajstić information content (AvgIpc) is 3.15. The molecule has 0 bridgehead atoms. The second-order valence-corrected chi connectivity index (χ2v) is 6.73. The number of hydrogen-bond donors (Lipinski definition) is 0. The third-order valence-corrected chi connectivity index (χ3v) is 4.90. The number of rotatable bonds is 4. The van der Waals surface area contributed by atoms with Crippen molar-refractivity contribution in [3.8, 4) is 17.1 Å². The van der Waals surface area contributed by atoms with Crippen molar-refractivity contribution in [3.05, 3.63) is 54.2 Å². The van der Waals surface area contributed by atoms with Gasteiger partial charge in [-0.15, -0.1) is 5.10 Å². The smallest absolute Gasteiger partial charge is 0.261 e. The van der Waals surface area contributed by atoms with E-state index in [1.807, 2.05) is 35.2 Å². The Balaban J connectivity index is 1.50. The molecular weight excluding hydrogens is 375 g/mol. The molecule has 0 saturated carbocycles. The van der Waals surface area contributed by atoms with E-state index in [-0.39, 0.29) is 17.4 Å². The highest BCUT2D eigenvalue weighted by atomic mass is 19.1. The Bertz CT molecular complexity index is 1020. The summed E-state index contributed by atoms with van der Waals surface area (Å²) in [4.78, 5) is 24.6. The van der Waals surface area contributed by atoms with E-state index in [2.05, 4.69) is 15.1 Å². The first-order valence-corrected chi connectivity index (χ1v) is 9.26. The van der Waals surface area contributed by atoms with E-state index >= 15 is 4.39 Å². The SMILES string of the molecule is COc1nn(C)cc1C(=O)N1CCN(c2ncnc(-c3ccccc3)c2F)CC1. The zero-order valence-corrected chi connectivity index (χ0v) is 16.2. The molecule has 3 aromatic rings. The first-order valence-electron chi connectivity index (χ1n) is 9.26. The molecule has 29 heavy (non-hydrogen) atoms. The highest BCUT2D eigenvalue weighted by Gasteiger charge is 2.28. The van der Waals surface area contributed by atoms with Gasteiger partial charge < -0.3 is 14.5 Å². The second kappa shape index (κ2) is 7.86. The van der Waals surface area contributed by atoms with E-state index in [0.717, 1.165) is 0 Å². The Labute approximate surface area is 167 Å². The number of methoxy groups -OCH3 is 1. The van der Waals surface area contributed by atoms with Gasteiger partial charge in [0.2, 0.25) is 5.88 Å². The second-order valence-electron chi connectivity index (χ2n) is 6.73. The van der Waals surface area contributed by atoms with Crippen LogP contribution >= 0.6 is 0 Å². The standard InChI is InChI=1S/C20H21FN6O2/c1-25-12-15(19(24-25)29-2)20(28)27-10-8-26(9-11-27)18-16(21)17(22-13-23-18)14-6-4-3-5-7-14/h3-7,12-13H,8-11H2,1-2H3. The molecule has 0 spiro atoms.